The molecule has 3 aliphatic rings. The number of phenolic OH excluding ortho intramolecular Hbond substituents is 2. The van der Waals surface area contributed by atoms with Gasteiger partial charge in [-0.05, 0) is 24.6 Å². The van der Waals surface area contributed by atoms with E-state index in [4.69, 9.17) is 28.4 Å². The molecule has 16 nitrogen and oxygen atoms in total. The second-order valence-corrected chi connectivity index (χ2v) is 10.7. The Morgan fingerprint density at radius 2 is 1.48 bits per heavy atom. The predicted octanol–water partition coefficient (Wildman–Crippen LogP) is -2.19. The molecule has 9 N–H and O–H groups in total. The number of benzene rings is 2. The van der Waals surface area contributed by atoms with Crippen LogP contribution in [0.3, 0.4) is 0 Å². The van der Waals surface area contributed by atoms with Crippen molar-refractivity contribution >= 4 is 5.78 Å². The van der Waals surface area contributed by atoms with Gasteiger partial charge in [-0.1, -0.05) is 6.07 Å². The van der Waals surface area contributed by atoms with Gasteiger partial charge in [0.2, 0.25) is 12.1 Å². The van der Waals surface area contributed by atoms with Crippen molar-refractivity contribution in [2.45, 2.75) is 80.5 Å². The van der Waals surface area contributed by atoms with Crippen LogP contribution in [0.25, 0.3) is 0 Å². The van der Waals surface area contributed by atoms with Crippen molar-refractivity contribution in [2.75, 3.05) is 13.7 Å². The van der Waals surface area contributed by atoms with Gasteiger partial charge in [0.1, 0.15) is 65.5 Å². The van der Waals surface area contributed by atoms with Gasteiger partial charge in [-0.2, -0.15) is 0 Å². The van der Waals surface area contributed by atoms with Gasteiger partial charge < -0.3 is 74.4 Å². The Bertz CT molecular complexity index is 1350. The van der Waals surface area contributed by atoms with Gasteiger partial charge in [-0.25, -0.2) is 0 Å². The molecular weight excluding hydrogens is 592 g/mol. The van der Waals surface area contributed by atoms with E-state index >= 15 is 0 Å². The van der Waals surface area contributed by atoms with E-state index in [1.165, 1.54) is 38.3 Å². The molecule has 0 amide bonds. The van der Waals surface area contributed by atoms with Crippen LogP contribution in [0.1, 0.15) is 28.9 Å². The number of ketones is 1. The topological polar surface area (TPSA) is 255 Å². The highest BCUT2D eigenvalue weighted by molar-refractivity contribution is 6.05. The van der Waals surface area contributed by atoms with Gasteiger partial charge >= 0.3 is 0 Å². The maximum absolute atomic E-state index is 13.0. The second kappa shape index (κ2) is 12.6. The molecule has 0 aromatic heterocycles. The summed E-state index contributed by atoms with van der Waals surface area (Å²) in [6, 6.07) is 6.24. The Balaban J connectivity index is 1.33. The summed E-state index contributed by atoms with van der Waals surface area (Å²) < 4.78 is 33.0. The number of hydrogen-bond donors (Lipinski definition) is 9. The summed E-state index contributed by atoms with van der Waals surface area (Å²) in [7, 11) is 1.32. The predicted molar refractivity (Wildman–Crippen MR) is 142 cm³/mol. The highest BCUT2D eigenvalue weighted by Crippen LogP contribution is 2.43. The Labute approximate surface area is 249 Å². The van der Waals surface area contributed by atoms with Crippen molar-refractivity contribution in [3.8, 4) is 28.7 Å². The normalized spacial score (nSPS) is 37.2. The van der Waals surface area contributed by atoms with Crippen molar-refractivity contribution in [3.63, 3.8) is 0 Å². The Morgan fingerprint density at radius 1 is 0.795 bits per heavy atom. The van der Waals surface area contributed by atoms with Gasteiger partial charge in [0, 0.05) is 12.1 Å². The fourth-order valence-electron chi connectivity index (χ4n) is 5.22. The molecule has 0 saturated carbocycles. The number of Topliss-reactive ketones (excluding diaryl/α,β-unsaturated/α-hetero) is 1. The molecule has 16 heteroatoms. The van der Waals surface area contributed by atoms with Crippen LogP contribution in [-0.4, -0.2) is 133 Å². The molecule has 242 valence electrons. The zero-order valence-corrected chi connectivity index (χ0v) is 23.4. The number of hydrogen-bond acceptors (Lipinski definition) is 16. The molecule has 2 fully saturated rings. The first-order chi connectivity index (χ1) is 20.8. The van der Waals surface area contributed by atoms with Gasteiger partial charge in [-0.3, -0.25) is 4.79 Å². The molecule has 3 aliphatic heterocycles. The highest BCUT2D eigenvalue weighted by atomic mass is 16.7. The third kappa shape index (κ3) is 5.89. The summed E-state index contributed by atoms with van der Waals surface area (Å²) in [5.41, 5.74) is -0.0716. The van der Waals surface area contributed by atoms with Gasteiger partial charge in [0.15, 0.2) is 30.0 Å². The summed E-state index contributed by atoms with van der Waals surface area (Å²) in [5, 5.41) is 92.7. The molecule has 3 heterocycles. The third-order valence-electron chi connectivity index (χ3n) is 7.80. The average molecular weight is 627 g/mol. The molecule has 0 aliphatic carbocycles. The van der Waals surface area contributed by atoms with E-state index in [2.05, 4.69) is 0 Å². The summed E-state index contributed by atoms with van der Waals surface area (Å²) in [6.45, 7) is 0.923. The highest BCUT2D eigenvalue weighted by Gasteiger charge is 2.48. The number of aliphatic hydroxyl groups excluding tert-OH is 7. The van der Waals surface area contributed by atoms with Crippen molar-refractivity contribution in [2.24, 2.45) is 0 Å². The summed E-state index contributed by atoms with van der Waals surface area (Å²) in [6.07, 6.45) is -18.2. The van der Waals surface area contributed by atoms with E-state index in [1.807, 2.05) is 0 Å². The fourth-order valence-corrected chi connectivity index (χ4v) is 5.22. The summed E-state index contributed by atoms with van der Waals surface area (Å²) in [5.74, 6) is -2.01. The van der Waals surface area contributed by atoms with Crippen LogP contribution in [0.5, 0.6) is 28.7 Å². The van der Waals surface area contributed by atoms with E-state index in [1.54, 1.807) is 0 Å². The van der Waals surface area contributed by atoms with E-state index < -0.39 is 91.8 Å². The maximum atomic E-state index is 13.0. The quantitative estimate of drug-likeness (QED) is 0.158. The fraction of sp³-hybridized carbons (Fsp3) is 0.536. The van der Waals surface area contributed by atoms with E-state index in [-0.39, 0.29) is 34.1 Å². The van der Waals surface area contributed by atoms with Crippen molar-refractivity contribution in [3.05, 3.63) is 41.5 Å². The van der Waals surface area contributed by atoms with Crippen molar-refractivity contribution in [1.29, 1.82) is 0 Å². The van der Waals surface area contributed by atoms with Crippen LogP contribution in [0.2, 0.25) is 0 Å². The number of aromatic hydroxyl groups is 2. The molecule has 44 heavy (non-hydrogen) atoms. The first kappa shape index (κ1) is 32.1. The van der Waals surface area contributed by atoms with E-state index in [0.717, 1.165) is 6.07 Å². The first-order valence-electron chi connectivity index (χ1n) is 13.6. The molecule has 0 radical (unpaired) electrons. The molecule has 2 aromatic carbocycles. The largest absolute Gasteiger partial charge is 0.507 e. The van der Waals surface area contributed by atoms with Crippen LogP contribution >= 0.6 is 0 Å². The second-order valence-electron chi connectivity index (χ2n) is 10.7. The monoisotopic (exact) mass is 626 g/mol. The maximum Gasteiger partial charge on any atom is 0.229 e. The Kier molecular flexibility index (Phi) is 9.20. The van der Waals surface area contributed by atoms with E-state index in [0.29, 0.717) is 0 Å². The third-order valence-corrected chi connectivity index (χ3v) is 7.80. The lowest BCUT2D eigenvalue weighted by Gasteiger charge is -2.42. The smallest absolute Gasteiger partial charge is 0.229 e. The number of phenols is 2. The SMILES string of the molecule is COc1cc([C@H]2Oc3cc(O[C@@H]4O[C@H](CO[C@@H]5O[C@@H](C)[C@H](O)[C@@H](O)[C@H]5O)[C@@H](O)[C@H](O)[C@H]4O)cc(O)c3C(=O)[C@@H]2O)ccc1O. The minimum absolute atomic E-state index is 0.0621. The van der Waals surface area contributed by atoms with Crippen molar-refractivity contribution < 1.29 is 79.2 Å². The number of ether oxygens (including phenoxy) is 6. The zero-order valence-electron chi connectivity index (χ0n) is 23.4. The number of rotatable bonds is 7. The minimum atomic E-state index is -1.81. The Morgan fingerprint density at radius 3 is 2.18 bits per heavy atom. The Hall–Kier alpha value is -3.29. The summed E-state index contributed by atoms with van der Waals surface area (Å²) in [4.78, 5) is 13.0. The molecule has 12 atom stereocenters. The molecular formula is C28H34O16. The first-order valence-corrected chi connectivity index (χ1v) is 13.6. The van der Waals surface area contributed by atoms with Crippen molar-refractivity contribution in [1.82, 2.24) is 0 Å². The zero-order chi connectivity index (χ0) is 32.0. The van der Waals surface area contributed by atoms with Crippen LogP contribution in [0.4, 0.5) is 0 Å². The molecule has 0 spiro atoms. The molecule has 2 aromatic rings. The summed E-state index contributed by atoms with van der Waals surface area (Å²) >= 11 is 0. The number of methoxy groups -OCH3 is 1. The van der Waals surface area contributed by atoms with Crippen LogP contribution in [0.15, 0.2) is 30.3 Å². The van der Waals surface area contributed by atoms with E-state index in [9.17, 15) is 50.8 Å². The standard InChI is InChI=1S/C28H34O16/c1-9-18(31)21(34)24(37)27(41-9)40-8-16-19(32)22(35)25(38)28(44-16)42-11-6-13(30)17-15(7-11)43-26(23(36)20(17)33)10-3-4-12(29)14(5-10)39-2/h3-7,9,16,18-19,21-32,34-38H,8H2,1-2H3/t9-,16+,18-,19+,21+,22-,23-,24+,25+,26+,27+,28+/m0/s1. The lowest BCUT2D eigenvalue weighted by Crippen LogP contribution is -2.61. The van der Waals surface area contributed by atoms with Crippen LogP contribution in [-0.2, 0) is 14.2 Å². The average Bonchev–Trinajstić information content (AvgIpc) is 2.99. The lowest BCUT2D eigenvalue weighted by molar-refractivity contribution is -0.318. The lowest BCUT2D eigenvalue weighted by atomic mass is 9.92. The molecule has 2 saturated heterocycles. The molecule has 5 rings (SSSR count). The number of carbonyl (C=O) groups excluding carboxylic acids is 1. The van der Waals surface area contributed by atoms with Crippen LogP contribution in [0, 0.1) is 0 Å². The van der Waals surface area contributed by atoms with Crippen LogP contribution < -0.4 is 14.2 Å². The molecule has 0 bridgehead atoms. The van der Waals surface area contributed by atoms with Gasteiger partial charge in [-0.15, -0.1) is 0 Å². The van der Waals surface area contributed by atoms with Gasteiger partial charge in [0.25, 0.3) is 0 Å². The number of aliphatic hydroxyl groups is 7. The number of fused-ring (bicyclic) bond motifs is 1. The van der Waals surface area contributed by atoms with Gasteiger partial charge in [0.05, 0.1) is 19.8 Å². The number of carbonyl (C=O) groups is 1. The molecule has 0 unspecified atom stereocenters. The minimum Gasteiger partial charge on any atom is -0.507 e.